The zero-order valence-corrected chi connectivity index (χ0v) is 10.2. The van der Waals surface area contributed by atoms with E-state index in [4.69, 9.17) is 0 Å². The molecule has 0 aromatic heterocycles. The number of hydrogen-bond acceptors (Lipinski definition) is 0. The Hall–Kier alpha value is 0.799. The van der Waals surface area contributed by atoms with E-state index in [1.165, 1.54) is 12.8 Å². The van der Waals surface area contributed by atoms with Crippen molar-refractivity contribution in [2.75, 3.05) is 0 Å². The van der Waals surface area contributed by atoms with Crippen LogP contribution in [0.2, 0.25) is 18.8 Å². The van der Waals surface area contributed by atoms with Gasteiger partial charge in [-0.1, -0.05) is 0 Å². The van der Waals surface area contributed by atoms with Crippen molar-refractivity contribution in [2.45, 2.75) is 45.4 Å². The first-order valence-electron chi connectivity index (χ1n) is 4.12. The van der Waals surface area contributed by atoms with Gasteiger partial charge in [0.1, 0.15) is 0 Å². The molecule has 0 spiro atoms. The maximum atomic E-state index is 2.57. The molecule has 0 heterocycles. The van der Waals surface area contributed by atoms with E-state index in [9.17, 15) is 0 Å². The predicted octanol–water partition coefficient (Wildman–Crippen LogP) is 3.51. The molecular weight excluding hydrogens is 215 g/mol. The first-order chi connectivity index (χ1) is 4.12. The molecule has 0 unspecified atom stereocenters. The summed E-state index contributed by atoms with van der Waals surface area (Å²) < 4.78 is 3.17. The Kier molecular flexibility index (Phi) is 5.00. The van der Waals surface area contributed by atoms with Crippen LogP contribution in [0.4, 0.5) is 0 Å². The molecule has 0 aliphatic heterocycles. The second kappa shape index (κ2) is 4.59. The van der Waals surface area contributed by atoms with Gasteiger partial charge >= 0.3 is 63.8 Å². The minimum atomic E-state index is -1.37. The normalized spacial score (nSPS) is 12.0. The molecule has 0 fully saturated rings. The van der Waals surface area contributed by atoms with Gasteiger partial charge in [0.2, 0.25) is 0 Å². The molecule has 0 saturated carbocycles. The molecule has 56 valence electrons. The van der Waals surface area contributed by atoms with Crippen LogP contribution in [0.1, 0.15) is 26.7 Å². The van der Waals surface area contributed by atoms with E-state index in [1.807, 2.05) is 0 Å². The molecule has 0 aromatic carbocycles. The van der Waals surface area contributed by atoms with Gasteiger partial charge in [-0.3, -0.25) is 0 Å². The average Bonchev–Trinajstić information content (AvgIpc) is 1.64. The van der Waals surface area contributed by atoms with Gasteiger partial charge in [0.25, 0.3) is 0 Å². The quantitative estimate of drug-likeness (QED) is 0.654. The summed E-state index contributed by atoms with van der Waals surface area (Å²) in [5.74, 6) is 0. The van der Waals surface area contributed by atoms with Crippen molar-refractivity contribution in [2.24, 2.45) is 0 Å². The molecule has 0 N–H and O–H groups in total. The van der Waals surface area contributed by atoms with E-state index in [-0.39, 0.29) is 0 Å². The summed E-state index contributed by atoms with van der Waals surface area (Å²) in [7, 11) is 0. The Morgan fingerprint density at radius 3 is 1.44 bits per heavy atom. The van der Waals surface area contributed by atoms with Crippen molar-refractivity contribution in [3.05, 3.63) is 0 Å². The Labute approximate surface area is 63.9 Å². The fourth-order valence-electron chi connectivity index (χ4n) is 1.48. The second-order valence-corrected chi connectivity index (χ2v) is 18.9. The zero-order valence-electron chi connectivity index (χ0n) is 7.33. The molecule has 0 aliphatic carbocycles. The molecule has 0 aliphatic rings. The van der Waals surface area contributed by atoms with Crippen LogP contribution < -0.4 is 0 Å². The second-order valence-electron chi connectivity index (χ2n) is 3.66. The zero-order chi connectivity index (χ0) is 7.33. The number of rotatable bonds is 4. The average molecular weight is 235 g/mol. The summed E-state index contributed by atoms with van der Waals surface area (Å²) in [6.07, 6.45) is 2.84. The van der Waals surface area contributed by atoms with Crippen LogP contribution in [0.25, 0.3) is 0 Å². The van der Waals surface area contributed by atoms with E-state index < -0.39 is 18.4 Å². The van der Waals surface area contributed by atoms with Crippen molar-refractivity contribution < 1.29 is 0 Å². The van der Waals surface area contributed by atoms with Crippen LogP contribution in [0, 0.1) is 0 Å². The van der Waals surface area contributed by atoms with Crippen molar-refractivity contribution in [3.8, 4) is 0 Å². The summed E-state index contributed by atoms with van der Waals surface area (Å²) in [5.41, 5.74) is 0. The van der Waals surface area contributed by atoms with Crippen LogP contribution in [0.3, 0.4) is 0 Å². The van der Waals surface area contributed by atoms with E-state index in [2.05, 4.69) is 23.7 Å². The summed E-state index contributed by atoms with van der Waals surface area (Å²) in [4.78, 5) is 5.14. The van der Waals surface area contributed by atoms with Crippen LogP contribution in [-0.4, -0.2) is 18.4 Å². The standard InChI is InChI=1S/2C3H7.2CH3.Sn/c2*1-3-2;;;/h2*1,3H2,2H3;2*1H3;. The SMILES string of the molecule is CC[CH2][Sn]([CH3])([CH3])[CH2]CC. The van der Waals surface area contributed by atoms with Gasteiger partial charge in [-0.05, 0) is 0 Å². The van der Waals surface area contributed by atoms with Gasteiger partial charge in [-0.2, -0.15) is 0 Å². The predicted molar refractivity (Wildman–Crippen MR) is 47.7 cm³/mol. The topological polar surface area (TPSA) is 0 Å². The van der Waals surface area contributed by atoms with Gasteiger partial charge in [-0.25, -0.2) is 0 Å². The molecule has 0 saturated heterocycles. The fourth-order valence-corrected chi connectivity index (χ4v) is 9.92. The monoisotopic (exact) mass is 236 g/mol. The van der Waals surface area contributed by atoms with Gasteiger partial charge in [0.05, 0.1) is 0 Å². The first-order valence-corrected chi connectivity index (χ1v) is 13.9. The van der Waals surface area contributed by atoms with Gasteiger partial charge < -0.3 is 0 Å². The van der Waals surface area contributed by atoms with Crippen LogP contribution in [0.5, 0.6) is 0 Å². The fraction of sp³-hybridized carbons (Fsp3) is 1.00. The van der Waals surface area contributed by atoms with Crippen molar-refractivity contribution in [3.63, 3.8) is 0 Å². The van der Waals surface area contributed by atoms with Gasteiger partial charge in [0, 0.05) is 0 Å². The molecule has 0 bridgehead atoms. The Bertz CT molecular complexity index is 59.0. The van der Waals surface area contributed by atoms with Crippen molar-refractivity contribution >= 4 is 18.4 Å². The summed E-state index contributed by atoms with van der Waals surface area (Å²) >= 11 is -1.37. The van der Waals surface area contributed by atoms with Gasteiger partial charge in [0.15, 0.2) is 0 Å². The summed E-state index contributed by atoms with van der Waals surface area (Å²) in [5, 5.41) is 0. The molecule has 0 radical (unpaired) electrons. The molecule has 0 amide bonds. The maximum absolute atomic E-state index is 2.57. The molecule has 1 heteroatoms. The van der Waals surface area contributed by atoms with Crippen LogP contribution >= 0.6 is 0 Å². The van der Waals surface area contributed by atoms with Crippen LogP contribution in [0.15, 0.2) is 0 Å². The van der Waals surface area contributed by atoms with Crippen LogP contribution in [-0.2, 0) is 0 Å². The summed E-state index contributed by atoms with van der Waals surface area (Å²) in [6.45, 7) is 4.63. The number of hydrogen-bond donors (Lipinski definition) is 0. The third kappa shape index (κ3) is 5.25. The third-order valence-electron chi connectivity index (χ3n) is 1.85. The van der Waals surface area contributed by atoms with E-state index >= 15 is 0 Å². The van der Waals surface area contributed by atoms with E-state index in [0.717, 1.165) is 0 Å². The first kappa shape index (κ1) is 9.80. The van der Waals surface area contributed by atoms with Crippen molar-refractivity contribution in [1.29, 1.82) is 0 Å². The van der Waals surface area contributed by atoms with Crippen molar-refractivity contribution in [1.82, 2.24) is 0 Å². The van der Waals surface area contributed by atoms with E-state index in [1.54, 1.807) is 8.87 Å². The molecule has 0 rings (SSSR count). The summed E-state index contributed by atoms with van der Waals surface area (Å²) in [6, 6.07) is 0. The van der Waals surface area contributed by atoms with Gasteiger partial charge in [-0.15, -0.1) is 0 Å². The third-order valence-corrected chi connectivity index (χ3v) is 12.4. The Morgan fingerprint density at radius 2 is 1.22 bits per heavy atom. The minimum absolute atomic E-state index is 1.37. The molecule has 0 nitrogen and oxygen atoms in total. The molecule has 0 atom stereocenters. The van der Waals surface area contributed by atoms with E-state index in [0.29, 0.717) is 0 Å². The Morgan fingerprint density at radius 1 is 0.889 bits per heavy atom. The molecule has 9 heavy (non-hydrogen) atoms. The molecule has 0 aromatic rings. The molecular formula is C8H20Sn. The Balaban J connectivity index is 3.43.